The number of hydrogen-bond acceptors (Lipinski definition) is 4. The Hall–Kier alpha value is -4.59. The van der Waals surface area contributed by atoms with Gasteiger partial charge in [-0.3, -0.25) is 14.5 Å². The lowest BCUT2D eigenvalue weighted by atomic mass is 9.98. The lowest BCUT2D eigenvalue weighted by Crippen LogP contribution is -2.58. The Kier molecular flexibility index (Phi) is 9.12. The summed E-state index contributed by atoms with van der Waals surface area (Å²) in [7, 11) is 0. The Bertz CT molecular complexity index is 1750. The Labute approximate surface area is 271 Å². The van der Waals surface area contributed by atoms with Gasteiger partial charge in [0.15, 0.2) is 0 Å². The van der Waals surface area contributed by atoms with Crippen molar-refractivity contribution >= 4 is 28.4 Å². The molecule has 6 rings (SSSR count). The summed E-state index contributed by atoms with van der Waals surface area (Å²) < 4.78 is 95.0. The molecular formula is C34H32F7N5O2. The number of alkyl halides is 6. The van der Waals surface area contributed by atoms with Gasteiger partial charge in [0.1, 0.15) is 5.82 Å². The van der Waals surface area contributed by atoms with Crippen LogP contribution >= 0.6 is 0 Å². The van der Waals surface area contributed by atoms with Crippen LogP contribution in [0.4, 0.5) is 36.4 Å². The molecule has 0 bridgehead atoms. The molecule has 1 aromatic heterocycles. The summed E-state index contributed by atoms with van der Waals surface area (Å²) >= 11 is 0. The molecule has 7 nitrogen and oxygen atoms in total. The number of benzene rings is 3. The van der Waals surface area contributed by atoms with Crippen LogP contribution in [-0.2, 0) is 23.6 Å². The van der Waals surface area contributed by atoms with Gasteiger partial charge in [-0.25, -0.2) is 4.39 Å². The summed E-state index contributed by atoms with van der Waals surface area (Å²) in [5, 5.41) is 0.871. The average Bonchev–Trinajstić information content (AvgIpc) is 3.46. The first kappa shape index (κ1) is 33.3. The molecule has 254 valence electrons. The van der Waals surface area contributed by atoms with Gasteiger partial charge in [-0.1, -0.05) is 18.2 Å². The van der Waals surface area contributed by atoms with E-state index in [2.05, 4.69) is 9.88 Å². The number of para-hydroxylation sites is 1. The SMILES string of the molecule is O=C(CN1CCN(C(=O)c2cc(C(F)(F)F)cc(C(F)(F)F)c2)[C@H](Cc2c[nH]c3ccccc23)C1)N1CCN(c2ccc(F)cc2)CC1. The largest absolute Gasteiger partial charge is 0.416 e. The van der Waals surface area contributed by atoms with Crippen molar-refractivity contribution in [1.82, 2.24) is 19.7 Å². The highest BCUT2D eigenvalue weighted by Crippen LogP contribution is 2.37. The summed E-state index contributed by atoms with van der Waals surface area (Å²) in [5.74, 6) is -1.41. The third-order valence-corrected chi connectivity index (χ3v) is 8.98. The summed E-state index contributed by atoms with van der Waals surface area (Å²) in [5.41, 5.74) is -1.31. The fraction of sp³-hybridized carbons (Fsp3) is 0.353. The number of piperazine rings is 2. The van der Waals surface area contributed by atoms with Gasteiger partial charge in [0, 0.05) is 80.2 Å². The number of nitrogens with one attached hydrogen (secondary N) is 1. The van der Waals surface area contributed by atoms with Crippen molar-refractivity contribution < 1.29 is 40.3 Å². The Balaban J connectivity index is 1.20. The number of carbonyl (C=O) groups is 2. The van der Waals surface area contributed by atoms with Gasteiger partial charge >= 0.3 is 12.4 Å². The lowest BCUT2D eigenvalue weighted by molar-refractivity contribution is -0.143. The minimum Gasteiger partial charge on any atom is -0.368 e. The van der Waals surface area contributed by atoms with Gasteiger partial charge < -0.3 is 19.7 Å². The summed E-state index contributed by atoms with van der Waals surface area (Å²) in [6.45, 7) is 2.41. The van der Waals surface area contributed by atoms with E-state index < -0.39 is 41.0 Å². The maximum absolute atomic E-state index is 13.8. The standard InChI is InChI=1S/C34H32F7N5O2/c35-26-5-7-27(8-6-26)44-10-12-45(13-11-44)31(47)21-43-9-14-46(28(20-43)17-23-19-42-30-4-2-1-3-29(23)30)32(48)22-15-24(33(36,37)38)18-25(16-22)34(39,40)41/h1-8,15-16,18-19,28,42H,9-14,17,20-21H2/t28-/m1/s1. The maximum atomic E-state index is 13.8. The monoisotopic (exact) mass is 675 g/mol. The van der Waals surface area contributed by atoms with E-state index in [1.165, 1.54) is 17.0 Å². The zero-order valence-corrected chi connectivity index (χ0v) is 25.6. The van der Waals surface area contributed by atoms with Gasteiger partial charge in [0.2, 0.25) is 5.91 Å². The minimum absolute atomic E-state index is 0.00321. The second kappa shape index (κ2) is 13.1. The first-order valence-corrected chi connectivity index (χ1v) is 15.4. The highest BCUT2D eigenvalue weighted by atomic mass is 19.4. The quantitative estimate of drug-likeness (QED) is 0.253. The molecule has 1 atom stereocenters. The third-order valence-electron chi connectivity index (χ3n) is 8.98. The van der Waals surface area contributed by atoms with Gasteiger partial charge in [-0.15, -0.1) is 0 Å². The van der Waals surface area contributed by atoms with Gasteiger partial charge in [-0.2, -0.15) is 26.3 Å². The Morgan fingerprint density at radius 3 is 2.08 bits per heavy atom. The molecular weight excluding hydrogens is 643 g/mol. The molecule has 48 heavy (non-hydrogen) atoms. The first-order chi connectivity index (χ1) is 22.8. The van der Waals surface area contributed by atoms with E-state index in [1.54, 1.807) is 23.2 Å². The minimum atomic E-state index is -5.09. The van der Waals surface area contributed by atoms with E-state index in [0.29, 0.717) is 38.3 Å². The molecule has 0 saturated carbocycles. The zero-order valence-electron chi connectivity index (χ0n) is 25.6. The van der Waals surface area contributed by atoms with Crippen molar-refractivity contribution in [3.8, 4) is 0 Å². The topological polar surface area (TPSA) is 62.9 Å². The van der Waals surface area contributed by atoms with Gasteiger partial charge in [-0.05, 0) is 60.5 Å². The van der Waals surface area contributed by atoms with Crippen LogP contribution < -0.4 is 4.90 Å². The van der Waals surface area contributed by atoms with Gasteiger partial charge in [0.25, 0.3) is 5.91 Å². The second-order valence-corrected chi connectivity index (χ2v) is 12.1. The summed E-state index contributed by atoms with van der Waals surface area (Å²) in [6, 6.07) is 13.8. The van der Waals surface area contributed by atoms with Crippen LogP contribution in [0.1, 0.15) is 27.0 Å². The van der Waals surface area contributed by atoms with E-state index in [-0.39, 0.29) is 50.4 Å². The van der Waals surface area contributed by atoms with Crippen molar-refractivity contribution in [3.05, 3.63) is 101 Å². The molecule has 2 fully saturated rings. The van der Waals surface area contributed by atoms with E-state index in [9.17, 15) is 40.3 Å². The number of fused-ring (bicyclic) bond motifs is 1. The van der Waals surface area contributed by atoms with Crippen LogP contribution in [0.3, 0.4) is 0 Å². The summed E-state index contributed by atoms with van der Waals surface area (Å²) in [4.78, 5) is 37.3. The van der Waals surface area contributed by atoms with Gasteiger partial charge in [0.05, 0.1) is 17.7 Å². The highest BCUT2D eigenvalue weighted by molar-refractivity contribution is 5.95. The molecule has 2 saturated heterocycles. The molecule has 3 aromatic carbocycles. The van der Waals surface area contributed by atoms with Crippen LogP contribution in [-0.4, -0.2) is 89.9 Å². The Morgan fingerprint density at radius 1 is 0.792 bits per heavy atom. The first-order valence-electron chi connectivity index (χ1n) is 15.4. The average molecular weight is 676 g/mol. The predicted octanol–water partition coefficient (Wildman–Crippen LogP) is 6.06. The molecule has 2 aliphatic heterocycles. The fourth-order valence-corrected chi connectivity index (χ4v) is 6.46. The number of halogens is 7. The number of hydrogen-bond donors (Lipinski definition) is 1. The zero-order chi connectivity index (χ0) is 34.2. The van der Waals surface area contributed by atoms with Crippen LogP contribution in [0.15, 0.2) is 72.9 Å². The molecule has 0 spiro atoms. The molecule has 0 unspecified atom stereocenters. The number of amides is 2. The van der Waals surface area contributed by atoms with E-state index >= 15 is 0 Å². The van der Waals surface area contributed by atoms with Crippen molar-refractivity contribution in [2.24, 2.45) is 0 Å². The van der Waals surface area contributed by atoms with E-state index in [1.807, 2.05) is 29.2 Å². The number of carbonyl (C=O) groups excluding carboxylic acids is 2. The fourth-order valence-electron chi connectivity index (χ4n) is 6.46. The van der Waals surface area contributed by atoms with Crippen molar-refractivity contribution in [3.63, 3.8) is 0 Å². The van der Waals surface area contributed by atoms with Crippen LogP contribution in [0.25, 0.3) is 10.9 Å². The van der Waals surface area contributed by atoms with Crippen LogP contribution in [0.2, 0.25) is 0 Å². The highest BCUT2D eigenvalue weighted by Gasteiger charge is 2.39. The number of anilines is 1. The molecule has 0 radical (unpaired) electrons. The smallest absolute Gasteiger partial charge is 0.368 e. The molecule has 14 heteroatoms. The van der Waals surface area contributed by atoms with E-state index in [4.69, 9.17) is 0 Å². The molecule has 1 N–H and O–H groups in total. The number of aromatic amines is 1. The molecule has 3 heterocycles. The molecule has 2 amide bonds. The predicted molar refractivity (Wildman–Crippen MR) is 165 cm³/mol. The number of H-pyrrole nitrogens is 1. The maximum Gasteiger partial charge on any atom is 0.416 e. The number of nitrogens with zero attached hydrogens (tertiary/aromatic N) is 4. The molecule has 2 aliphatic rings. The summed E-state index contributed by atoms with van der Waals surface area (Å²) in [6.07, 6.45) is -8.17. The van der Waals surface area contributed by atoms with Crippen molar-refractivity contribution in [1.29, 1.82) is 0 Å². The second-order valence-electron chi connectivity index (χ2n) is 12.1. The lowest BCUT2D eigenvalue weighted by Gasteiger charge is -2.42. The normalized spacial score (nSPS) is 18.1. The van der Waals surface area contributed by atoms with E-state index in [0.717, 1.165) is 22.2 Å². The molecule has 0 aliphatic carbocycles. The van der Waals surface area contributed by atoms with Crippen LogP contribution in [0.5, 0.6) is 0 Å². The number of rotatable bonds is 6. The van der Waals surface area contributed by atoms with Crippen molar-refractivity contribution in [2.75, 3.05) is 57.3 Å². The number of aromatic nitrogens is 1. The van der Waals surface area contributed by atoms with Crippen LogP contribution in [0, 0.1) is 5.82 Å². The Morgan fingerprint density at radius 2 is 1.44 bits per heavy atom. The molecule has 4 aromatic rings. The third kappa shape index (κ3) is 7.28. The van der Waals surface area contributed by atoms with Crippen molar-refractivity contribution in [2.45, 2.75) is 24.8 Å².